The van der Waals surface area contributed by atoms with Gasteiger partial charge in [0.05, 0.1) is 6.61 Å². The second kappa shape index (κ2) is 7.90. The van der Waals surface area contributed by atoms with Crippen molar-refractivity contribution in [2.75, 3.05) is 38.1 Å². The molecule has 0 unspecified atom stereocenters. The van der Waals surface area contributed by atoms with Crippen molar-refractivity contribution < 1.29 is 14.3 Å². The van der Waals surface area contributed by atoms with Gasteiger partial charge in [0.25, 0.3) is 5.91 Å². The zero-order valence-electron chi connectivity index (χ0n) is 15.7. The summed E-state index contributed by atoms with van der Waals surface area (Å²) in [5, 5.41) is 2.49. The Labute approximate surface area is 164 Å². The van der Waals surface area contributed by atoms with Crippen molar-refractivity contribution in [1.29, 1.82) is 0 Å². The standard InChI is InChI=1S/C21H24N4O3/c22-21(27)23-18-4-2-16(3-5-18)20(26)25-10-8-24(9-11-25)14-15-1-6-19-17(13-15)7-12-28-19/h1-6,13H,7-12,14H2,(H3,22,23,27). The first-order valence-electron chi connectivity index (χ1n) is 9.51. The van der Waals surface area contributed by atoms with Crippen LogP contribution in [0.2, 0.25) is 0 Å². The van der Waals surface area contributed by atoms with Crippen molar-refractivity contribution in [1.82, 2.24) is 9.80 Å². The van der Waals surface area contributed by atoms with Gasteiger partial charge in [-0.15, -0.1) is 0 Å². The van der Waals surface area contributed by atoms with Crippen LogP contribution < -0.4 is 15.8 Å². The third-order valence-electron chi connectivity index (χ3n) is 5.22. The van der Waals surface area contributed by atoms with Gasteiger partial charge in [0.2, 0.25) is 0 Å². The number of urea groups is 1. The van der Waals surface area contributed by atoms with Gasteiger partial charge in [0.15, 0.2) is 0 Å². The van der Waals surface area contributed by atoms with Gasteiger partial charge < -0.3 is 20.7 Å². The number of anilines is 1. The summed E-state index contributed by atoms with van der Waals surface area (Å²) in [7, 11) is 0. The summed E-state index contributed by atoms with van der Waals surface area (Å²) >= 11 is 0. The van der Waals surface area contributed by atoms with Gasteiger partial charge in [-0.25, -0.2) is 4.79 Å². The number of hydrogen-bond donors (Lipinski definition) is 2. The van der Waals surface area contributed by atoms with Gasteiger partial charge in [-0.05, 0) is 41.5 Å². The Morgan fingerprint density at radius 2 is 1.79 bits per heavy atom. The first-order valence-corrected chi connectivity index (χ1v) is 9.51. The Balaban J connectivity index is 1.31. The zero-order valence-corrected chi connectivity index (χ0v) is 15.7. The highest BCUT2D eigenvalue weighted by Crippen LogP contribution is 2.26. The fraction of sp³-hybridized carbons (Fsp3) is 0.333. The number of benzene rings is 2. The van der Waals surface area contributed by atoms with Crippen LogP contribution in [0.3, 0.4) is 0 Å². The molecule has 146 valence electrons. The van der Waals surface area contributed by atoms with E-state index in [0.717, 1.165) is 38.4 Å². The van der Waals surface area contributed by atoms with Crippen molar-refractivity contribution in [3.8, 4) is 5.75 Å². The summed E-state index contributed by atoms with van der Waals surface area (Å²) in [6.45, 7) is 4.77. The average Bonchev–Trinajstić information content (AvgIpc) is 3.16. The maximum absolute atomic E-state index is 12.7. The molecule has 0 aromatic heterocycles. The Morgan fingerprint density at radius 3 is 2.50 bits per heavy atom. The smallest absolute Gasteiger partial charge is 0.316 e. The monoisotopic (exact) mass is 380 g/mol. The van der Waals surface area contributed by atoms with Crippen molar-refractivity contribution in [3.05, 3.63) is 59.2 Å². The molecule has 0 aliphatic carbocycles. The topological polar surface area (TPSA) is 87.9 Å². The van der Waals surface area contributed by atoms with Gasteiger partial charge in [0, 0.05) is 50.4 Å². The van der Waals surface area contributed by atoms with E-state index >= 15 is 0 Å². The summed E-state index contributed by atoms with van der Waals surface area (Å²) < 4.78 is 5.57. The highest BCUT2D eigenvalue weighted by molar-refractivity contribution is 5.95. The number of amides is 3. The molecule has 0 radical (unpaired) electrons. The third kappa shape index (κ3) is 4.09. The molecule has 4 rings (SSSR count). The van der Waals surface area contributed by atoms with Crippen LogP contribution in [-0.2, 0) is 13.0 Å². The first kappa shape index (κ1) is 18.3. The maximum atomic E-state index is 12.7. The number of hydrogen-bond acceptors (Lipinski definition) is 4. The summed E-state index contributed by atoms with van der Waals surface area (Å²) in [6, 6.07) is 12.6. The normalized spacial score (nSPS) is 16.4. The second-order valence-corrected chi connectivity index (χ2v) is 7.18. The summed E-state index contributed by atoms with van der Waals surface area (Å²) in [4.78, 5) is 27.8. The van der Waals surface area contributed by atoms with Crippen LogP contribution in [0, 0.1) is 0 Å². The molecule has 3 N–H and O–H groups in total. The van der Waals surface area contributed by atoms with Crippen LogP contribution in [0.1, 0.15) is 21.5 Å². The SMILES string of the molecule is NC(=O)Nc1ccc(C(=O)N2CCN(Cc3ccc4c(c3)CCO4)CC2)cc1. The van der Waals surface area contributed by atoms with Gasteiger partial charge in [0.1, 0.15) is 5.75 Å². The van der Waals surface area contributed by atoms with E-state index in [1.165, 1.54) is 11.1 Å². The van der Waals surface area contributed by atoms with E-state index in [9.17, 15) is 9.59 Å². The molecule has 7 heteroatoms. The van der Waals surface area contributed by atoms with Crippen LogP contribution in [0.5, 0.6) is 5.75 Å². The molecule has 1 fully saturated rings. The quantitative estimate of drug-likeness (QED) is 0.850. The van der Waals surface area contributed by atoms with Crippen molar-refractivity contribution in [2.24, 2.45) is 5.73 Å². The average molecular weight is 380 g/mol. The lowest BCUT2D eigenvalue weighted by Gasteiger charge is -2.35. The lowest BCUT2D eigenvalue weighted by Crippen LogP contribution is -2.48. The van der Waals surface area contributed by atoms with E-state index in [1.807, 2.05) is 4.90 Å². The number of piperazine rings is 1. The number of nitrogens with zero attached hydrogens (tertiary/aromatic N) is 2. The minimum absolute atomic E-state index is 0.0138. The van der Waals surface area contributed by atoms with Gasteiger partial charge in [-0.2, -0.15) is 0 Å². The molecule has 2 aliphatic heterocycles. The molecule has 0 atom stereocenters. The molecule has 2 aromatic rings. The van der Waals surface area contributed by atoms with Crippen LogP contribution in [0.4, 0.5) is 10.5 Å². The first-order chi connectivity index (χ1) is 13.6. The molecule has 0 bridgehead atoms. The molecule has 2 aliphatic rings. The number of rotatable bonds is 4. The van der Waals surface area contributed by atoms with E-state index in [0.29, 0.717) is 24.3 Å². The number of carbonyl (C=O) groups excluding carboxylic acids is 2. The molecule has 2 heterocycles. The number of nitrogens with one attached hydrogen (secondary N) is 1. The van der Waals surface area contributed by atoms with Crippen LogP contribution in [0.25, 0.3) is 0 Å². The Morgan fingerprint density at radius 1 is 1.04 bits per heavy atom. The van der Waals surface area contributed by atoms with Crippen molar-refractivity contribution in [2.45, 2.75) is 13.0 Å². The zero-order chi connectivity index (χ0) is 19.5. The minimum Gasteiger partial charge on any atom is -0.493 e. The van der Waals surface area contributed by atoms with Crippen LogP contribution in [0.15, 0.2) is 42.5 Å². The lowest BCUT2D eigenvalue weighted by atomic mass is 10.1. The number of ether oxygens (including phenoxy) is 1. The maximum Gasteiger partial charge on any atom is 0.316 e. The molecular formula is C21H24N4O3. The van der Waals surface area contributed by atoms with Gasteiger partial charge >= 0.3 is 6.03 Å². The summed E-state index contributed by atoms with van der Waals surface area (Å²) in [6.07, 6.45) is 0.985. The second-order valence-electron chi connectivity index (χ2n) is 7.18. The Hall–Kier alpha value is -3.06. The Kier molecular flexibility index (Phi) is 5.16. The molecule has 7 nitrogen and oxygen atoms in total. The predicted molar refractivity (Wildman–Crippen MR) is 106 cm³/mol. The molecule has 0 spiro atoms. The molecule has 28 heavy (non-hydrogen) atoms. The van der Waals surface area contributed by atoms with E-state index in [1.54, 1.807) is 24.3 Å². The third-order valence-corrected chi connectivity index (χ3v) is 5.22. The van der Waals surface area contributed by atoms with Gasteiger partial charge in [-0.3, -0.25) is 9.69 Å². The largest absolute Gasteiger partial charge is 0.493 e. The number of carbonyl (C=O) groups is 2. The predicted octanol–water partition coefficient (Wildman–Crippen LogP) is 2.07. The van der Waals surface area contributed by atoms with Crippen molar-refractivity contribution >= 4 is 17.6 Å². The molecular weight excluding hydrogens is 356 g/mol. The summed E-state index contributed by atoms with van der Waals surface area (Å²) in [5.41, 5.74) is 8.87. The summed E-state index contributed by atoms with van der Waals surface area (Å²) in [5.74, 6) is 1.02. The highest BCUT2D eigenvalue weighted by atomic mass is 16.5. The van der Waals surface area contributed by atoms with Crippen molar-refractivity contribution in [3.63, 3.8) is 0 Å². The number of nitrogens with two attached hydrogens (primary N) is 1. The van der Waals surface area contributed by atoms with Crippen LogP contribution >= 0.6 is 0 Å². The fourth-order valence-corrected chi connectivity index (χ4v) is 3.73. The molecule has 2 aromatic carbocycles. The molecule has 3 amide bonds. The highest BCUT2D eigenvalue weighted by Gasteiger charge is 2.22. The Bertz CT molecular complexity index is 874. The number of primary amides is 1. The van der Waals surface area contributed by atoms with E-state index in [4.69, 9.17) is 10.5 Å². The lowest BCUT2D eigenvalue weighted by molar-refractivity contribution is 0.0628. The molecule has 1 saturated heterocycles. The minimum atomic E-state index is -0.619. The fourth-order valence-electron chi connectivity index (χ4n) is 3.73. The van der Waals surface area contributed by atoms with E-state index in [2.05, 4.69) is 28.4 Å². The van der Waals surface area contributed by atoms with Crippen LogP contribution in [-0.4, -0.2) is 54.5 Å². The number of fused-ring (bicyclic) bond motifs is 1. The van der Waals surface area contributed by atoms with E-state index in [-0.39, 0.29) is 5.91 Å². The molecule has 0 saturated carbocycles. The van der Waals surface area contributed by atoms with E-state index < -0.39 is 6.03 Å². The van der Waals surface area contributed by atoms with Gasteiger partial charge in [-0.1, -0.05) is 12.1 Å².